The van der Waals surface area contributed by atoms with Gasteiger partial charge in [-0.25, -0.2) is 0 Å². The van der Waals surface area contributed by atoms with Gasteiger partial charge in [-0.1, -0.05) is 96.7 Å². The summed E-state index contributed by atoms with van der Waals surface area (Å²) in [5.41, 5.74) is 6.42. The summed E-state index contributed by atoms with van der Waals surface area (Å²) in [7, 11) is 0. The minimum Gasteiger partial charge on any atom is -0.462 e. The van der Waals surface area contributed by atoms with Crippen LogP contribution in [-0.4, -0.2) is 18.6 Å². The minimum atomic E-state index is -0.130. The van der Waals surface area contributed by atoms with Crippen molar-refractivity contribution in [3.63, 3.8) is 0 Å². The van der Waals surface area contributed by atoms with Gasteiger partial charge in [-0.15, -0.1) is 0 Å². The number of nitrogens with one attached hydrogen (secondary N) is 1. The van der Waals surface area contributed by atoms with Gasteiger partial charge in [0.15, 0.2) is 0 Å². The fourth-order valence-electron chi connectivity index (χ4n) is 11.6. The van der Waals surface area contributed by atoms with Gasteiger partial charge in [-0.3, -0.25) is 4.79 Å². The Labute approximate surface area is 287 Å². The summed E-state index contributed by atoms with van der Waals surface area (Å²) in [5.74, 6) is 1.96. The lowest BCUT2D eigenvalue weighted by molar-refractivity contribution is -0.173. The van der Waals surface area contributed by atoms with Crippen molar-refractivity contribution in [1.29, 1.82) is 0 Å². The van der Waals surface area contributed by atoms with Gasteiger partial charge < -0.3 is 10.1 Å². The second kappa shape index (κ2) is 13.5. The standard InChI is InChI=1S/C42H66ClNO2/c1-10-38(5,6)36(46-30(4)45)19-22-39(7)20-11-21-41(9)35(39)17-16-34-37-33(29(2)3)18-23-42(37,25-24-40(34,41)8)26-27-44-28-31-12-14-32(43)15-13-31/h12-15,29,34-36,44H,10-11,16-28H2,1-9H3/t34-,35?,36+,39-,40-,41-,42-/m1/s1. The number of rotatable bonds is 12. The summed E-state index contributed by atoms with van der Waals surface area (Å²) in [6.45, 7) is 23.4. The zero-order valence-electron chi connectivity index (χ0n) is 30.9. The maximum atomic E-state index is 12.1. The molecule has 1 aromatic carbocycles. The normalized spacial score (nSPS) is 35.0. The van der Waals surface area contributed by atoms with Gasteiger partial charge in [0.1, 0.15) is 6.10 Å². The highest BCUT2D eigenvalue weighted by Gasteiger charge is 2.65. The van der Waals surface area contributed by atoms with E-state index in [2.05, 4.69) is 72.8 Å². The fourth-order valence-corrected chi connectivity index (χ4v) is 11.7. The van der Waals surface area contributed by atoms with Crippen LogP contribution in [0.3, 0.4) is 0 Å². The molecular formula is C42H66ClNO2. The van der Waals surface area contributed by atoms with E-state index in [1.165, 1.54) is 76.2 Å². The van der Waals surface area contributed by atoms with Crippen LogP contribution in [-0.2, 0) is 16.1 Å². The molecule has 0 spiro atoms. The van der Waals surface area contributed by atoms with E-state index in [9.17, 15) is 4.79 Å². The Kier molecular flexibility index (Phi) is 10.6. The summed E-state index contributed by atoms with van der Waals surface area (Å²) in [6.07, 6.45) is 16.5. The van der Waals surface area contributed by atoms with Crippen molar-refractivity contribution in [3.8, 4) is 0 Å². The van der Waals surface area contributed by atoms with Crippen molar-refractivity contribution in [1.82, 2.24) is 5.32 Å². The van der Waals surface area contributed by atoms with Crippen LogP contribution in [0.25, 0.3) is 0 Å². The first-order valence-corrected chi connectivity index (χ1v) is 19.3. The fraction of sp³-hybridized carbons (Fsp3) is 0.786. The van der Waals surface area contributed by atoms with Crippen molar-refractivity contribution in [2.45, 2.75) is 158 Å². The van der Waals surface area contributed by atoms with Crippen LogP contribution in [0.4, 0.5) is 0 Å². The minimum absolute atomic E-state index is 0.00219. The number of carbonyl (C=O) groups excluding carboxylic acids is 1. The van der Waals surface area contributed by atoms with E-state index in [1.807, 2.05) is 23.3 Å². The molecule has 7 atom stereocenters. The number of halogens is 1. The van der Waals surface area contributed by atoms with E-state index in [-0.39, 0.29) is 17.5 Å². The predicted molar refractivity (Wildman–Crippen MR) is 194 cm³/mol. The molecule has 258 valence electrons. The van der Waals surface area contributed by atoms with Crippen molar-refractivity contribution in [3.05, 3.63) is 46.0 Å². The van der Waals surface area contributed by atoms with Gasteiger partial charge in [0, 0.05) is 23.9 Å². The SMILES string of the molecule is CCC(C)(C)[C@H](CC[C@@]1(C)CCC[C@]2(C)C1CC[C@@H]1C3=C(C(C)C)CC[C@]3(CCNCc3ccc(Cl)cc3)CC[C@]12C)OC(C)=O. The number of allylic oxidation sites excluding steroid dienone is 2. The number of esters is 1. The third-order valence-corrected chi connectivity index (χ3v) is 15.2. The molecule has 1 aromatic rings. The van der Waals surface area contributed by atoms with E-state index in [0.29, 0.717) is 33.5 Å². The predicted octanol–water partition coefficient (Wildman–Crippen LogP) is 11.7. The van der Waals surface area contributed by atoms with Gasteiger partial charge in [0.2, 0.25) is 0 Å². The smallest absolute Gasteiger partial charge is 0.302 e. The van der Waals surface area contributed by atoms with Crippen molar-refractivity contribution in [2.75, 3.05) is 6.54 Å². The molecule has 4 aliphatic carbocycles. The number of ether oxygens (including phenoxy) is 1. The van der Waals surface area contributed by atoms with Gasteiger partial charge in [0.05, 0.1) is 0 Å². The lowest BCUT2D eigenvalue weighted by Crippen LogP contribution is -2.60. The molecule has 0 aromatic heterocycles. The first kappa shape index (κ1) is 36.0. The number of benzene rings is 1. The molecule has 5 rings (SSSR count). The number of fused-ring (bicyclic) bond motifs is 5. The molecule has 4 aliphatic rings. The molecule has 4 heteroatoms. The maximum absolute atomic E-state index is 12.1. The highest BCUT2D eigenvalue weighted by atomic mass is 35.5. The number of carbonyl (C=O) groups is 1. The average molecular weight is 652 g/mol. The topological polar surface area (TPSA) is 38.3 Å². The molecule has 0 aliphatic heterocycles. The van der Waals surface area contributed by atoms with Crippen molar-refractivity contribution < 1.29 is 9.53 Å². The second-order valence-electron chi connectivity index (χ2n) is 17.9. The molecule has 0 radical (unpaired) electrons. The van der Waals surface area contributed by atoms with Crippen LogP contribution in [0.2, 0.25) is 5.02 Å². The van der Waals surface area contributed by atoms with Crippen LogP contribution in [0.5, 0.6) is 0 Å². The molecule has 0 amide bonds. The summed E-state index contributed by atoms with van der Waals surface area (Å²) in [4.78, 5) is 12.1. The first-order valence-electron chi connectivity index (χ1n) is 19.0. The highest BCUT2D eigenvalue weighted by Crippen LogP contribution is 2.74. The zero-order valence-corrected chi connectivity index (χ0v) is 31.7. The van der Waals surface area contributed by atoms with E-state index in [4.69, 9.17) is 16.3 Å². The molecule has 3 saturated carbocycles. The van der Waals surface area contributed by atoms with Crippen molar-refractivity contribution in [2.24, 2.45) is 44.8 Å². The second-order valence-corrected chi connectivity index (χ2v) is 18.4. The Hall–Kier alpha value is -1.32. The van der Waals surface area contributed by atoms with Crippen LogP contribution in [0.15, 0.2) is 35.4 Å². The Morgan fingerprint density at radius 1 is 1.00 bits per heavy atom. The quantitative estimate of drug-likeness (QED) is 0.139. The van der Waals surface area contributed by atoms with Crippen LogP contribution >= 0.6 is 11.6 Å². The molecule has 3 fully saturated rings. The molecule has 1 N–H and O–H groups in total. The van der Waals surface area contributed by atoms with Crippen LogP contribution < -0.4 is 5.32 Å². The average Bonchev–Trinajstić information content (AvgIpc) is 3.39. The third kappa shape index (κ3) is 6.51. The van der Waals surface area contributed by atoms with E-state index >= 15 is 0 Å². The Balaban J connectivity index is 1.37. The maximum Gasteiger partial charge on any atom is 0.302 e. The molecule has 46 heavy (non-hydrogen) atoms. The third-order valence-electron chi connectivity index (χ3n) is 14.9. The molecule has 0 heterocycles. The van der Waals surface area contributed by atoms with Gasteiger partial charge in [0.25, 0.3) is 0 Å². The number of hydrogen-bond acceptors (Lipinski definition) is 3. The van der Waals surface area contributed by atoms with Gasteiger partial charge in [-0.05, 0) is 141 Å². The molecule has 0 bridgehead atoms. The molecule has 3 nitrogen and oxygen atoms in total. The number of hydrogen-bond donors (Lipinski definition) is 1. The summed E-state index contributed by atoms with van der Waals surface area (Å²) >= 11 is 6.13. The van der Waals surface area contributed by atoms with E-state index in [0.717, 1.165) is 36.9 Å². The Bertz CT molecular complexity index is 1270. The molecule has 0 saturated heterocycles. The van der Waals surface area contributed by atoms with E-state index in [1.54, 1.807) is 6.92 Å². The van der Waals surface area contributed by atoms with Crippen LogP contribution in [0.1, 0.15) is 151 Å². The van der Waals surface area contributed by atoms with Crippen molar-refractivity contribution >= 4 is 17.6 Å². The molecular weight excluding hydrogens is 586 g/mol. The summed E-state index contributed by atoms with van der Waals surface area (Å²) in [6, 6.07) is 8.30. The first-order chi connectivity index (χ1) is 21.6. The van der Waals surface area contributed by atoms with E-state index < -0.39 is 0 Å². The Morgan fingerprint density at radius 2 is 1.72 bits per heavy atom. The van der Waals surface area contributed by atoms with Gasteiger partial charge in [-0.2, -0.15) is 0 Å². The largest absolute Gasteiger partial charge is 0.462 e. The zero-order chi connectivity index (χ0) is 33.5. The Morgan fingerprint density at radius 3 is 2.37 bits per heavy atom. The highest BCUT2D eigenvalue weighted by molar-refractivity contribution is 6.30. The summed E-state index contributed by atoms with van der Waals surface area (Å²) < 4.78 is 6.02. The van der Waals surface area contributed by atoms with Crippen LogP contribution in [0, 0.1) is 44.8 Å². The van der Waals surface area contributed by atoms with Gasteiger partial charge >= 0.3 is 5.97 Å². The lowest BCUT2D eigenvalue weighted by atomic mass is 9.36. The monoisotopic (exact) mass is 651 g/mol. The summed E-state index contributed by atoms with van der Waals surface area (Å²) in [5, 5.41) is 4.63. The molecule has 1 unspecified atom stereocenters. The lowest BCUT2D eigenvalue weighted by Gasteiger charge is -2.68.